The maximum absolute atomic E-state index is 13.4. The third kappa shape index (κ3) is 3.27. The molecule has 0 saturated carbocycles. The van der Waals surface area contributed by atoms with E-state index in [0.717, 1.165) is 46.8 Å². The Morgan fingerprint density at radius 1 is 0.963 bits per heavy atom. The molecule has 0 spiro atoms. The van der Waals surface area contributed by atoms with Crippen LogP contribution in [0.25, 0.3) is 0 Å². The fraction of sp³-hybridized carbons (Fsp3) is 0.381. The minimum absolute atomic E-state index is 0. The van der Waals surface area contributed by atoms with E-state index in [-0.39, 0.29) is 24.4 Å². The summed E-state index contributed by atoms with van der Waals surface area (Å²) in [5.74, 6) is 0.124. The molecule has 4 nitrogen and oxygen atoms in total. The predicted molar refractivity (Wildman–Crippen MR) is 110 cm³/mol. The van der Waals surface area contributed by atoms with E-state index < -0.39 is 0 Å². The van der Waals surface area contributed by atoms with Crippen LogP contribution in [0.5, 0.6) is 0 Å². The minimum Gasteiger partial charge on any atom is -0.393 e. The SMILES string of the molecule is Cl.O=C(CN1C2CCC1CC(O)C2)N1c2ccccc2Sc2ccccc21. The lowest BCUT2D eigenvalue weighted by molar-refractivity contribution is -0.120. The van der Waals surface area contributed by atoms with Gasteiger partial charge in [0, 0.05) is 21.9 Å². The highest BCUT2D eigenvalue weighted by molar-refractivity contribution is 7.99. The minimum atomic E-state index is -0.202. The summed E-state index contributed by atoms with van der Waals surface area (Å²) in [4.78, 5) is 19.9. The average molecular weight is 403 g/mol. The molecule has 0 aliphatic carbocycles. The van der Waals surface area contributed by atoms with Crippen LogP contribution in [0, 0.1) is 0 Å². The van der Waals surface area contributed by atoms with Crippen molar-refractivity contribution in [3.8, 4) is 0 Å². The van der Waals surface area contributed by atoms with Crippen molar-refractivity contribution < 1.29 is 9.90 Å². The first-order valence-electron chi connectivity index (χ1n) is 9.33. The number of aliphatic hydroxyl groups excluding tert-OH is 1. The molecule has 1 amide bonds. The molecule has 0 aromatic heterocycles. The Kier molecular flexibility index (Phi) is 5.21. The number of amides is 1. The number of hydrogen-bond donors (Lipinski definition) is 1. The second-order valence-corrected chi connectivity index (χ2v) is 8.53. The summed E-state index contributed by atoms with van der Waals surface area (Å²) in [6, 6.07) is 16.9. The number of halogens is 1. The van der Waals surface area contributed by atoms with Crippen LogP contribution in [-0.4, -0.2) is 40.6 Å². The molecule has 0 radical (unpaired) electrons. The van der Waals surface area contributed by atoms with E-state index in [1.807, 2.05) is 41.3 Å². The fourth-order valence-electron chi connectivity index (χ4n) is 4.70. The van der Waals surface area contributed by atoms with E-state index >= 15 is 0 Å². The molecule has 2 atom stereocenters. The molecule has 2 bridgehead atoms. The fourth-order valence-corrected chi connectivity index (χ4v) is 5.76. The van der Waals surface area contributed by atoms with Gasteiger partial charge in [0.2, 0.25) is 5.91 Å². The Morgan fingerprint density at radius 2 is 1.48 bits per heavy atom. The summed E-state index contributed by atoms with van der Waals surface area (Å²) in [6.45, 7) is 0.426. The van der Waals surface area contributed by atoms with Gasteiger partial charge in [0.25, 0.3) is 0 Å². The maximum atomic E-state index is 13.4. The summed E-state index contributed by atoms with van der Waals surface area (Å²) in [7, 11) is 0. The van der Waals surface area contributed by atoms with Gasteiger partial charge in [-0.15, -0.1) is 12.4 Å². The van der Waals surface area contributed by atoms with Crippen LogP contribution >= 0.6 is 24.2 Å². The summed E-state index contributed by atoms with van der Waals surface area (Å²) >= 11 is 1.72. The average Bonchev–Trinajstić information content (AvgIpc) is 2.88. The topological polar surface area (TPSA) is 43.8 Å². The number of para-hydroxylation sites is 2. The first-order chi connectivity index (χ1) is 12.7. The smallest absolute Gasteiger partial charge is 0.245 e. The lowest BCUT2D eigenvalue weighted by Gasteiger charge is -2.38. The normalized spacial score (nSPS) is 26.1. The van der Waals surface area contributed by atoms with E-state index in [1.165, 1.54) is 0 Å². The van der Waals surface area contributed by atoms with Crippen LogP contribution in [0.4, 0.5) is 11.4 Å². The predicted octanol–water partition coefficient (Wildman–Crippen LogP) is 4.23. The molecule has 2 fully saturated rings. The van der Waals surface area contributed by atoms with Crippen molar-refractivity contribution in [2.45, 2.75) is 53.7 Å². The van der Waals surface area contributed by atoms with Crippen molar-refractivity contribution in [2.75, 3.05) is 11.4 Å². The lowest BCUT2D eigenvalue weighted by atomic mass is 10.00. The summed E-state index contributed by atoms with van der Waals surface area (Å²) in [6.07, 6.45) is 3.59. The van der Waals surface area contributed by atoms with Gasteiger partial charge in [0.05, 0.1) is 24.0 Å². The van der Waals surface area contributed by atoms with Gasteiger partial charge < -0.3 is 5.11 Å². The first-order valence-corrected chi connectivity index (χ1v) is 10.1. The number of aliphatic hydroxyl groups is 1. The van der Waals surface area contributed by atoms with Gasteiger partial charge in [-0.2, -0.15) is 0 Å². The number of carbonyl (C=O) groups excluding carboxylic acids is 1. The highest BCUT2D eigenvalue weighted by atomic mass is 35.5. The molecule has 3 heterocycles. The number of carbonyl (C=O) groups is 1. The zero-order chi connectivity index (χ0) is 17.7. The third-order valence-corrected chi connectivity index (χ3v) is 6.99. The van der Waals surface area contributed by atoms with Crippen LogP contribution in [0.2, 0.25) is 0 Å². The van der Waals surface area contributed by atoms with Gasteiger partial charge in [0.1, 0.15) is 0 Å². The Bertz CT molecular complexity index is 802. The van der Waals surface area contributed by atoms with Crippen molar-refractivity contribution >= 4 is 41.5 Å². The van der Waals surface area contributed by atoms with Gasteiger partial charge in [-0.1, -0.05) is 36.0 Å². The Morgan fingerprint density at radius 3 is 2.04 bits per heavy atom. The zero-order valence-corrected chi connectivity index (χ0v) is 16.6. The number of anilines is 2. The third-order valence-electron chi connectivity index (χ3n) is 5.86. The molecule has 2 aromatic carbocycles. The molecule has 2 aromatic rings. The van der Waals surface area contributed by atoms with Gasteiger partial charge >= 0.3 is 0 Å². The largest absolute Gasteiger partial charge is 0.393 e. The Hall–Kier alpha value is -1.53. The van der Waals surface area contributed by atoms with E-state index in [0.29, 0.717) is 18.6 Å². The van der Waals surface area contributed by atoms with Crippen molar-refractivity contribution in [3.05, 3.63) is 48.5 Å². The van der Waals surface area contributed by atoms with Crippen LogP contribution in [0.15, 0.2) is 58.3 Å². The molecule has 3 aliphatic heterocycles. The van der Waals surface area contributed by atoms with E-state index in [1.54, 1.807) is 11.8 Å². The van der Waals surface area contributed by atoms with Crippen molar-refractivity contribution in [2.24, 2.45) is 0 Å². The number of piperidine rings is 1. The molecular formula is C21H23ClN2O2S. The summed E-state index contributed by atoms with van der Waals surface area (Å²) in [5, 5.41) is 10.0. The number of rotatable bonds is 2. The second kappa shape index (κ2) is 7.47. The van der Waals surface area contributed by atoms with Gasteiger partial charge in [0.15, 0.2) is 0 Å². The van der Waals surface area contributed by atoms with Crippen molar-refractivity contribution in [1.29, 1.82) is 0 Å². The zero-order valence-electron chi connectivity index (χ0n) is 15.0. The van der Waals surface area contributed by atoms with Gasteiger partial charge in [-0.05, 0) is 49.9 Å². The molecule has 2 saturated heterocycles. The molecule has 2 unspecified atom stereocenters. The number of nitrogens with zero attached hydrogens (tertiary/aromatic N) is 2. The quantitative estimate of drug-likeness (QED) is 0.816. The number of hydrogen-bond acceptors (Lipinski definition) is 4. The molecule has 6 heteroatoms. The molecule has 5 rings (SSSR count). The van der Waals surface area contributed by atoms with Crippen LogP contribution in [0.3, 0.4) is 0 Å². The van der Waals surface area contributed by atoms with Gasteiger partial charge in [-0.25, -0.2) is 0 Å². The maximum Gasteiger partial charge on any atom is 0.245 e. The Balaban J connectivity index is 0.00000180. The van der Waals surface area contributed by atoms with Crippen LogP contribution < -0.4 is 4.90 Å². The Labute approximate surface area is 170 Å². The first kappa shape index (κ1) is 18.8. The molecular weight excluding hydrogens is 380 g/mol. The monoisotopic (exact) mass is 402 g/mol. The summed E-state index contributed by atoms with van der Waals surface area (Å²) < 4.78 is 0. The van der Waals surface area contributed by atoms with Crippen LogP contribution in [0.1, 0.15) is 25.7 Å². The van der Waals surface area contributed by atoms with E-state index in [4.69, 9.17) is 0 Å². The highest BCUT2D eigenvalue weighted by Gasteiger charge is 2.42. The van der Waals surface area contributed by atoms with Crippen molar-refractivity contribution in [3.63, 3.8) is 0 Å². The van der Waals surface area contributed by atoms with E-state index in [9.17, 15) is 9.90 Å². The molecule has 1 N–H and O–H groups in total. The number of fused-ring (bicyclic) bond motifs is 4. The van der Waals surface area contributed by atoms with E-state index in [2.05, 4.69) is 17.0 Å². The van der Waals surface area contributed by atoms with Gasteiger partial charge in [-0.3, -0.25) is 14.6 Å². The molecule has 3 aliphatic rings. The highest BCUT2D eigenvalue weighted by Crippen LogP contribution is 2.48. The lowest BCUT2D eigenvalue weighted by Crippen LogP contribution is -2.49. The molecule has 27 heavy (non-hydrogen) atoms. The standard InChI is InChI=1S/C21H22N2O2S.ClH/c24-16-11-14-9-10-15(12-16)22(14)13-21(25)23-17-5-1-3-7-19(17)26-20-8-4-2-6-18(20)23;/h1-8,14-16,24H,9-13H2;1H. The second-order valence-electron chi connectivity index (χ2n) is 7.45. The number of benzene rings is 2. The molecule has 142 valence electrons. The van der Waals surface area contributed by atoms with Crippen LogP contribution in [-0.2, 0) is 4.79 Å². The summed E-state index contributed by atoms with van der Waals surface area (Å²) in [5.41, 5.74) is 1.95. The van der Waals surface area contributed by atoms with Crippen molar-refractivity contribution in [1.82, 2.24) is 4.90 Å².